The van der Waals surface area contributed by atoms with Gasteiger partial charge in [-0.25, -0.2) is 4.39 Å². The van der Waals surface area contributed by atoms with E-state index in [1.807, 2.05) is 0 Å². The smallest absolute Gasteiger partial charge is 0.309 e. The Kier molecular flexibility index (Phi) is 5.71. The summed E-state index contributed by atoms with van der Waals surface area (Å²) in [4.78, 5) is 26.6. The van der Waals surface area contributed by atoms with Gasteiger partial charge in [0.1, 0.15) is 11.9 Å². The minimum Gasteiger partial charge on any atom is -0.462 e. The van der Waals surface area contributed by atoms with Crippen LogP contribution in [0.15, 0.2) is 24.3 Å². The molecule has 0 N–H and O–H groups in total. The van der Waals surface area contributed by atoms with Crippen molar-refractivity contribution in [1.82, 2.24) is 4.90 Å². The fraction of sp³-hybridized carbons (Fsp3) is 0.600. The highest BCUT2D eigenvalue weighted by atomic mass is 19.1. The molecule has 0 spiro atoms. The number of amides is 1. The molecule has 1 saturated heterocycles. The molecule has 0 radical (unpaired) electrons. The molecule has 2 fully saturated rings. The number of ether oxygens (including phenoxy) is 1. The van der Waals surface area contributed by atoms with E-state index in [1.54, 1.807) is 4.90 Å². The number of hydrogen-bond donors (Lipinski definition) is 0. The number of hydrogen-bond acceptors (Lipinski definition) is 3. The topological polar surface area (TPSA) is 46.6 Å². The molecule has 1 aromatic carbocycles. The van der Waals surface area contributed by atoms with E-state index in [4.69, 9.17) is 4.74 Å². The van der Waals surface area contributed by atoms with Crippen LogP contribution in [0.4, 0.5) is 4.39 Å². The van der Waals surface area contributed by atoms with Crippen molar-refractivity contribution < 1.29 is 18.7 Å². The average Bonchev–Trinajstić information content (AvgIpc) is 2.62. The zero-order valence-corrected chi connectivity index (χ0v) is 14.7. The Bertz CT molecular complexity index is 608. The Balaban J connectivity index is 1.48. The zero-order valence-electron chi connectivity index (χ0n) is 14.7. The summed E-state index contributed by atoms with van der Waals surface area (Å²) < 4.78 is 18.7. The van der Waals surface area contributed by atoms with Crippen LogP contribution in [-0.4, -0.2) is 36.0 Å². The van der Waals surface area contributed by atoms with Gasteiger partial charge in [0, 0.05) is 18.7 Å². The lowest BCUT2D eigenvalue weighted by Gasteiger charge is -2.33. The van der Waals surface area contributed by atoms with E-state index in [2.05, 4.69) is 6.92 Å². The molecule has 0 aromatic heterocycles. The van der Waals surface area contributed by atoms with Gasteiger partial charge >= 0.3 is 5.97 Å². The molecule has 1 amide bonds. The molecule has 1 saturated carbocycles. The van der Waals surface area contributed by atoms with Gasteiger partial charge in [0.05, 0.1) is 5.92 Å². The van der Waals surface area contributed by atoms with Gasteiger partial charge in [-0.15, -0.1) is 0 Å². The minimum absolute atomic E-state index is 0.0649. The van der Waals surface area contributed by atoms with E-state index in [0.29, 0.717) is 37.4 Å². The van der Waals surface area contributed by atoms with Gasteiger partial charge in [0.2, 0.25) is 0 Å². The lowest BCUT2D eigenvalue weighted by atomic mass is 9.88. The van der Waals surface area contributed by atoms with Crippen molar-refractivity contribution in [3.8, 4) is 0 Å². The fourth-order valence-electron chi connectivity index (χ4n) is 3.84. The molecule has 0 bridgehead atoms. The first kappa shape index (κ1) is 17.9. The molecular weight excluding hydrogens is 321 g/mol. The summed E-state index contributed by atoms with van der Waals surface area (Å²) in [6, 6.07) is 5.59. The first-order chi connectivity index (χ1) is 12.0. The predicted molar refractivity (Wildman–Crippen MR) is 92.5 cm³/mol. The molecule has 1 heterocycles. The lowest BCUT2D eigenvalue weighted by molar-refractivity contribution is -0.157. The predicted octanol–water partition coefficient (Wildman–Crippen LogP) is 3.80. The largest absolute Gasteiger partial charge is 0.462 e. The summed E-state index contributed by atoms with van der Waals surface area (Å²) in [6.07, 6.45) is 5.62. The normalized spacial score (nSPS) is 24.8. The highest BCUT2D eigenvalue weighted by Gasteiger charge is 2.31. The second kappa shape index (κ2) is 7.98. The average molecular weight is 347 g/mol. The van der Waals surface area contributed by atoms with Crippen molar-refractivity contribution in [1.29, 1.82) is 0 Å². The molecule has 5 heteroatoms. The summed E-state index contributed by atoms with van der Waals surface area (Å²) in [5.41, 5.74) is 0.485. The summed E-state index contributed by atoms with van der Waals surface area (Å²) >= 11 is 0. The molecule has 2 unspecified atom stereocenters. The molecule has 1 aliphatic carbocycles. The quantitative estimate of drug-likeness (QED) is 0.782. The fourth-order valence-corrected chi connectivity index (χ4v) is 3.84. The molecule has 4 nitrogen and oxygen atoms in total. The third-order valence-electron chi connectivity index (χ3n) is 5.38. The number of benzene rings is 1. The van der Waals surface area contributed by atoms with Crippen molar-refractivity contribution in [2.45, 2.75) is 51.6 Å². The molecule has 1 aromatic rings. The van der Waals surface area contributed by atoms with Gasteiger partial charge in [-0.2, -0.15) is 0 Å². The summed E-state index contributed by atoms with van der Waals surface area (Å²) in [7, 11) is 0. The minimum atomic E-state index is -0.352. The van der Waals surface area contributed by atoms with Crippen LogP contribution in [-0.2, 0) is 9.53 Å². The zero-order chi connectivity index (χ0) is 17.8. The van der Waals surface area contributed by atoms with Crippen LogP contribution in [0.2, 0.25) is 0 Å². The van der Waals surface area contributed by atoms with E-state index in [1.165, 1.54) is 30.7 Å². The third-order valence-corrected chi connectivity index (χ3v) is 5.38. The molecule has 3 rings (SSSR count). The first-order valence-electron chi connectivity index (χ1n) is 9.28. The maximum atomic E-state index is 13.0. The third kappa shape index (κ3) is 4.59. The molecule has 136 valence electrons. The molecule has 25 heavy (non-hydrogen) atoms. The van der Waals surface area contributed by atoms with E-state index in [0.717, 1.165) is 19.3 Å². The number of nitrogens with zero attached hydrogens (tertiary/aromatic N) is 1. The van der Waals surface area contributed by atoms with Gasteiger partial charge in [-0.1, -0.05) is 13.3 Å². The second-order valence-electron chi connectivity index (χ2n) is 7.40. The van der Waals surface area contributed by atoms with E-state index < -0.39 is 0 Å². The molecular formula is C20H26FNO3. The maximum Gasteiger partial charge on any atom is 0.309 e. The summed E-state index contributed by atoms with van der Waals surface area (Å²) in [5, 5.41) is 0. The molecule has 2 aliphatic rings. The maximum absolute atomic E-state index is 13.0. The van der Waals surface area contributed by atoms with Crippen LogP contribution in [0.3, 0.4) is 0 Å². The van der Waals surface area contributed by atoms with Gasteiger partial charge in [-0.05, 0) is 62.3 Å². The van der Waals surface area contributed by atoms with Crippen LogP contribution in [0.1, 0.15) is 55.8 Å². The highest BCUT2D eigenvalue weighted by Crippen LogP contribution is 2.28. The Labute approximate surface area is 148 Å². The Hall–Kier alpha value is -1.91. The van der Waals surface area contributed by atoms with Crippen LogP contribution < -0.4 is 0 Å². The van der Waals surface area contributed by atoms with Crippen molar-refractivity contribution in [2.24, 2.45) is 11.8 Å². The van der Waals surface area contributed by atoms with Gasteiger partial charge in [-0.3, -0.25) is 9.59 Å². The number of halogens is 1. The number of piperidine rings is 1. The van der Waals surface area contributed by atoms with Crippen molar-refractivity contribution in [3.05, 3.63) is 35.6 Å². The van der Waals surface area contributed by atoms with Crippen LogP contribution in [0, 0.1) is 17.7 Å². The Morgan fingerprint density at radius 2 is 1.76 bits per heavy atom. The highest BCUT2D eigenvalue weighted by molar-refractivity contribution is 5.94. The molecule has 2 atom stereocenters. The standard InChI is InChI=1S/C20H26FNO3/c1-14-3-2-4-18(13-14)25-20(24)16-9-11-22(12-10-16)19(23)15-5-7-17(21)8-6-15/h5-8,14,16,18H,2-4,9-13H2,1H3. The van der Waals surface area contributed by atoms with Crippen LogP contribution >= 0.6 is 0 Å². The van der Waals surface area contributed by atoms with E-state index in [9.17, 15) is 14.0 Å². The number of rotatable bonds is 3. The van der Waals surface area contributed by atoms with Gasteiger partial charge in [0.15, 0.2) is 0 Å². The van der Waals surface area contributed by atoms with Crippen molar-refractivity contribution >= 4 is 11.9 Å². The number of carbonyl (C=O) groups excluding carboxylic acids is 2. The monoisotopic (exact) mass is 347 g/mol. The van der Waals surface area contributed by atoms with Crippen LogP contribution in [0.5, 0.6) is 0 Å². The number of carbonyl (C=O) groups is 2. The molecule has 1 aliphatic heterocycles. The van der Waals surface area contributed by atoms with E-state index >= 15 is 0 Å². The van der Waals surface area contributed by atoms with Crippen molar-refractivity contribution in [2.75, 3.05) is 13.1 Å². The number of likely N-dealkylation sites (tertiary alicyclic amines) is 1. The Morgan fingerprint density at radius 3 is 2.40 bits per heavy atom. The number of esters is 1. The van der Waals surface area contributed by atoms with E-state index in [-0.39, 0.29) is 29.7 Å². The second-order valence-corrected chi connectivity index (χ2v) is 7.40. The summed E-state index contributed by atoms with van der Waals surface area (Å²) in [6.45, 7) is 3.29. The first-order valence-corrected chi connectivity index (χ1v) is 9.28. The Morgan fingerprint density at radius 1 is 1.08 bits per heavy atom. The van der Waals surface area contributed by atoms with Crippen molar-refractivity contribution in [3.63, 3.8) is 0 Å². The van der Waals surface area contributed by atoms with Crippen LogP contribution in [0.25, 0.3) is 0 Å². The lowest BCUT2D eigenvalue weighted by Crippen LogP contribution is -2.41. The van der Waals surface area contributed by atoms with Gasteiger partial charge < -0.3 is 9.64 Å². The van der Waals surface area contributed by atoms with Gasteiger partial charge in [0.25, 0.3) is 5.91 Å². The SMILES string of the molecule is CC1CCCC(OC(=O)C2CCN(C(=O)c3ccc(F)cc3)CC2)C1. The summed E-state index contributed by atoms with van der Waals surface area (Å²) in [5.74, 6) is -0.0489.